The van der Waals surface area contributed by atoms with Crippen molar-refractivity contribution in [2.45, 2.75) is 37.1 Å². The van der Waals surface area contributed by atoms with Gasteiger partial charge in [-0.15, -0.1) is 0 Å². The van der Waals surface area contributed by atoms with Crippen molar-refractivity contribution in [1.29, 1.82) is 0 Å². The molecule has 0 saturated carbocycles. The number of benzene rings is 1. The first-order valence-corrected chi connectivity index (χ1v) is 8.60. The summed E-state index contributed by atoms with van der Waals surface area (Å²) in [6.45, 7) is 1.80. The molecule has 1 aliphatic carbocycles. The van der Waals surface area contributed by atoms with E-state index >= 15 is 0 Å². The van der Waals surface area contributed by atoms with Crippen molar-refractivity contribution in [2.75, 3.05) is 0 Å². The summed E-state index contributed by atoms with van der Waals surface area (Å²) in [5, 5.41) is 0. The molecule has 1 atom stereocenters. The number of hydrogen-bond donors (Lipinski definition) is 1. The van der Waals surface area contributed by atoms with Crippen molar-refractivity contribution in [3.63, 3.8) is 0 Å². The van der Waals surface area contributed by atoms with Crippen LogP contribution < -0.4 is 4.72 Å². The Labute approximate surface area is 125 Å². The standard InChI is InChI=1S/C16H18N2O2S/c1-12(16-7-2-3-10-17-16)18-21(19,20)15-9-8-13-5-4-6-14(13)11-15/h2-3,7-12,18H,4-6H2,1H3. The summed E-state index contributed by atoms with van der Waals surface area (Å²) in [4.78, 5) is 4.53. The summed E-state index contributed by atoms with van der Waals surface area (Å²) in [5.41, 5.74) is 3.14. The minimum atomic E-state index is -3.52. The predicted molar refractivity (Wildman–Crippen MR) is 81.4 cm³/mol. The van der Waals surface area contributed by atoms with Crippen molar-refractivity contribution >= 4 is 10.0 Å². The third kappa shape index (κ3) is 2.99. The zero-order valence-corrected chi connectivity index (χ0v) is 12.7. The van der Waals surface area contributed by atoms with Crippen LogP contribution in [0, 0.1) is 0 Å². The molecule has 5 heteroatoms. The molecule has 1 N–H and O–H groups in total. The van der Waals surface area contributed by atoms with Crippen molar-refractivity contribution in [2.24, 2.45) is 0 Å². The summed E-state index contributed by atoms with van der Waals surface area (Å²) >= 11 is 0. The maximum atomic E-state index is 12.5. The zero-order valence-electron chi connectivity index (χ0n) is 11.9. The van der Waals surface area contributed by atoms with Crippen LogP contribution in [-0.2, 0) is 22.9 Å². The summed E-state index contributed by atoms with van der Waals surface area (Å²) < 4.78 is 27.6. The van der Waals surface area contributed by atoms with Crippen LogP contribution >= 0.6 is 0 Å². The predicted octanol–water partition coefficient (Wildman–Crippen LogP) is 2.61. The largest absolute Gasteiger partial charge is 0.260 e. The lowest BCUT2D eigenvalue weighted by Gasteiger charge is -2.14. The van der Waals surface area contributed by atoms with E-state index in [-0.39, 0.29) is 6.04 Å². The van der Waals surface area contributed by atoms with E-state index in [2.05, 4.69) is 9.71 Å². The summed E-state index contributed by atoms with van der Waals surface area (Å²) in [5.74, 6) is 0. The molecule has 1 aromatic heterocycles. The molecule has 21 heavy (non-hydrogen) atoms. The van der Waals surface area contributed by atoms with Crippen molar-refractivity contribution < 1.29 is 8.42 Å². The van der Waals surface area contributed by atoms with Crippen LogP contribution in [0.1, 0.15) is 36.2 Å². The molecular weight excluding hydrogens is 284 g/mol. The van der Waals surface area contributed by atoms with Crippen LogP contribution in [0.15, 0.2) is 47.5 Å². The number of aromatic nitrogens is 1. The Morgan fingerprint density at radius 3 is 2.71 bits per heavy atom. The second-order valence-corrected chi connectivity index (χ2v) is 7.10. The summed E-state index contributed by atoms with van der Waals surface area (Å²) in [7, 11) is -3.52. The molecule has 0 saturated heterocycles. The van der Waals surface area contributed by atoms with Crippen molar-refractivity contribution in [3.05, 3.63) is 59.4 Å². The Kier molecular flexibility index (Phi) is 3.78. The Morgan fingerprint density at radius 2 is 1.95 bits per heavy atom. The zero-order chi connectivity index (χ0) is 14.9. The molecule has 0 aliphatic heterocycles. The topological polar surface area (TPSA) is 59.1 Å². The van der Waals surface area contributed by atoms with Crippen LogP contribution in [0.3, 0.4) is 0 Å². The van der Waals surface area contributed by atoms with Crippen LogP contribution in [0.4, 0.5) is 0 Å². The third-order valence-electron chi connectivity index (χ3n) is 3.84. The summed E-state index contributed by atoms with van der Waals surface area (Å²) in [6.07, 6.45) is 4.79. The Morgan fingerprint density at radius 1 is 1.14 bits per heavy atom. The molecule has 3 rings (SSSR count). The second kappa shape index (κ2) is 5.58. The molecule has 4 nitrogen and oxygen atoms in total. The molecule has 0 amide bonds. The average Bonchev–Trinajstić information content (AvgIpc) is 2.95. The van der Waals surface area contributed by atoms with E-state index in [1.54, 1.807) is 25.3 Å². The fourth-order valence-corrected chi connectivity index (χ4v) is 3.98. The third-order valence-corrected chi connectivity index (χ3v) is 5.38. The Balaban J connectivity index is 1.84. The number of fused-ring (bicyclic) bond motifs is 1. The minimum Gasteiger partial charge on any atom is -0.260 e. The van der Waals surface area contributed by atoms with Gasteiger partial charge in [-0.3, -0.25) is 4.98 Å². The van der Waals surface area contributed by atoms with Crippen molar-refractivity contribution in [1.82, 2.24) is 9.71 Å². The van der Waals surface area contributed by atoms with Crippen LogP contribution in [0.5, 0.6) is 0 Å². The average molecular weight is 302 g/mol. The Bertz CT molecular complexity index is 742. The molecule has 0 radical (unpaired) electrons. The fourth-order valence-electron chi connectivity index (χ4n) is 2.71. The van der Waals surface area contributed by atoms with Gasteiger partial charge in [0.05, 0.1) is 16.6 Å². The van der Waals surface area contributed by atoms with Gasteiger partial charge in [0.15, 0.2) is 0 Å². The van der Waals surface area contributed by atoms with E-state index in [1.165, 1.54) is 5.56 Å². The number of nitrogens with one attached hydrogen (secondary N) is 1. The van der Waals surface area contributed by atoms with Gasteiger partial charge in [0.25, 0.3) is 0 Å². The van der Waals surface area contributed by atoms with Gasteiger partial charge in [0.2, 0.25) is 10.0 Å². The highest BCUT2D eigenvalue weighted by molar-refractivity contribution is 7.89. The van der Waals surface area contributed by atoms with E-state index in [1.807, 2.05) is 24.3 Å². The maximum absolute atomic E-state index is 12.5. The molecule has 1 heterocycles. The molecule has 1 aliphatic rings. The quantitative estimate of drug-likeness (QED) is 0.944. The number of hydrogen-bond acceptors (Lipinski definition) is 3. The highest BCUT2D eigenvalue weighted by Gasteiger charge is 2.21. The normalized spacial score (nSPS) is 15.7. The highest BCUT2D eigenvalue weighted by Crippen LogP contribution is 2.25. The van der Waals surface area contributed by atoms with E-state index in [0.29, 0.717) is 10.6 Å². The molecule has 1 unspecified atom stereocenters. The van der Waals surface area contributed by atoms with E-state index in [0.717, 1.165) is 24.8 Å². The first kappa shape index (κ1) is 14.2. The van der Waals surface area contributed by atoms with Gasteiger partial charge < -0.3 is 0 Å². The number of aryl methyl sites for hydroxylation is 2. The molecule has 0 spiro atoms. The maximum Gasteiger partial charge on any atom is 0.241 e. The van der Waals surface area contributed by atoms with Crippen LogP contribution in [0.2, 0.25) is 0 Å². The van der Waals surface area contributed by atoms with Gasteiger partial charge in [-0.05, 0) is 61.6 Å². The monoisotopic (exact) mass is 302 g/mol. The molecule has 0 bridgehead atoms. The lowest BCUT2D eigenvalue weighted by molar-refractivity contribution is 0.564. The minimum absolute atomic E-state index is 0.339. The number of nitrogens with zero attached hydrogens (tertiary/aromatic N) is 1. The number of rotatable bonds is 4. The number of pyridine rings is 1. The lowest BCUT2D eigenvalue weighted by atomic mass is 10.1. The lowest BCUT2D eigenvalue weighted by Crippen LogP contribution is -2.27. The fraction of sp³-hybridized carbons (Fsp3) is 0.312. The highest BCUT2D eigenvalue weighted by atomic mass is 32.2. The second-order valence-electron chi connectivity index (χ2n) is 5.38. The van der Waals surface area contributed by atoms with Gasteiger partial charge in [-0.25, -0.2) is 13.1 Å². The molecular formula is C16H18N2O2S. The first-order valence-electron chi connectivity index (χ1n) is 7.11. The Hall–Kier alpha value is -1.72. The molecule has 1 aromatic carbocycles. The molecule has 110 valence electrons. The van der Waals surface area contributed by atoms with E-state index in [9.17, 15) is 8.42 Å². The van der Waals surface area contributed by atoms with E-state index < -0.39 is 10.0 Å². The summed E-state index contributed by atoms with van der Waals surface area (Å²) in [6, 6.07) is 10.5. The van der Waals surface area contributed by atoms with E-state index in [4.69, 9.17) is 0 Å². The van der Waals surface area contributed by atoms with Gasteiger partial charge >= 0.3 is 0 Å². The van der Waals surface area contributed by atoms with Crippen LogP contribution in [0.25, 0.3) is 0 Å². The SMILES string of the molecule is CC(NS(=O)(=O)c1ccc2c(c1)CCC2)c1ccccn1. The van der Waals surface area contributed by atoms with Gasteiger partial charge in [0.1, 0.15) is 0 Å². The van der Waals surface area contributed by atoms with Gasteiger partial charge in [-0.2, -0.15) is 0 Å². The smallest absolute Gasteiger partial charge is 0.241 e. The van der Waals surface area contributed by atoms with Crippen molar-refractivity contribution in [3.8, 4) is 0 Å². The van der Waals surface area contributed by atoms with Gasteiger partial charge in [0, 0.05) is 6.20 Å². The first-order chi connectivity index (χ1) is 10.1. The molecule has 2 aromatic rings. The number of sulfonamides is 1. The molecule has 0 fully saturated rings. The van der Waals surface area contributed by atoms with Crippen LogP contribution in [-0.4, -0.2) is 13.4 Å². The van der Waals surface area contributed by atoms with Gasteiger partial charge in [-0.1, -0.05) is 12.1 Å².